The van der Waals surface area contributed by atoms with Crippen molar-refractivity contribution in [1.29, 1.82) is 0 Å². The van der Waals surface area contributed by atoms with Gasteiger partial charge in [-0.3, -0.25) is 0 Å². The maximum Gasteiger partial charge on any atom is 0.276 e. The van der Waals surface area contributed by atoms with Crippen molar-refractivity contribution >= 4 is 11.8 Å². The molecule has 0 radical (unpaired) electrons. The molecular weight excluding hydrogens is 224 g/mol. The van der Waals surface area contributed by atoms with Crippen LogP contribution >= 0.6 is 11.8 Å². The van der Waals surface area contributed by atoms with Crippen LogP contribution in [0, 0.1) is 6.92 Å². The summed E-state index contributed by atoms with van der Waals surface area (Å²) in [7, 11) is 0. The first-order valence-electron chi connectivity index (χ1n) is 4.84. The normalized spacial score (nSPS) is 10.4. The van der Waals surface area contributed by atoms with E-state index in [9.17, 15) is 0 Å². The van der Waals surface area contributed by atoms with Crippen LogP contribution in [-0.4, -0.2) is 16.5 Å². The lowest BCUT2D eigenvalue weighted by Crippen LogP contribution is -1.97. The zero-order valence-corrected chi connectivity index (χ0v) is 9.95. The highest BCUT2D eigenvalue weighted by molar-refractivity contribution is 7.98. The Kier molecular flexibility index (Phi) is 3.46. The van der Waals surface area contributed by atoms with Crippen LogP contribution in [0.25, 0.3) is 0 Å². The molecule has 0 saturated heterocycles. The number of aromatic nitrogens is 2. The smallest absolute Gasteiger partial charge is 0.276 e. The Morgan fingerprint density at radius 3 is 2.81 bits per heavy atom. The molecule has 84 valence electrons. The van der Waals surface area contributed by atoms with Crippen molar-refractivity contribution in [3.05, 3.63) is 35.7 Å². The van der Waals surface area contributed by atoms with Gasteiger partial charge in [0.15, 0.2) is 6.61 Å². The van der Waals surface area contributed by atoms with E-state index in [2.05, 4.69) is 10.2 Å². The van der Waals surface area contributed by atoms with Gasteiger partial charge in [-0.1, -0.05) is 30.0 Å². The van der Waals surface area contributed by atoms with Crippen molar-refractivity contribution in [2.24, 2.45) is 0 Å². The molecule has 0 atom stereocenters. The summed E-state index contributed by atoms with van der Waals surface area (Å²) in [5, 5.41) is 8.26. The van der Waals surface area contributed by atoms with Crippen LogP contribution in [0.4, 0.5) is 0 Å². The first-order valence-corrected chi connectivity index (χ1v) is 6.07. The average Bonchev–Trinajstić information content (AvgIpc) is 2.76. The lowest BCUT2D eigenvalue weighted by Gasteiger charge is -2.05. The van der Waals surface area contributed by atoms with E-state index in [4.69, 9.17) is 9.15 Å². The maximum atomic E-state index is 5.58. The molecule has 2 rings (SSSR count). The number of benzene rings is 1. The number of nitrogens with zero attached hydrogens (tertiary/aromatic N) is 2. The topological polar surface area (TPSA) is 48.2 Å². The summed E-state index contributed by atoms with van der Waals surface area (Å²) in [6.07, 6.45) is 1.89. The van der Waals surface area contributed by atoms with Gasteiger partial charge in [-0.15, -0.1) is 10.2 Å². The number of thioether (sulfide) groups is 1. The van der Waals surface area contributed by atoms with E-state index >= 15 is 0 Å². The Balaban J connectivity index is 1.99. The number of hydrogen-bond acceptors (Lipinski definition) is 5. The molecule has 4 nitrogen and oxygen atoms in total. The third-order valence-corrected chi connectivity index (χ3v) is 2.58. The van der Waals surface area contributed by atoms with Crippen LogP contribution < -0.4 is 4.74 Å². The predicted molar refractivity (Wildman–Crippen MR) is 61.6 cm³/mol. The van der Waals surface area contributed by atoms with Crippen molar-refractivity contribution < 1.29 is 9.15 Å². The van der Waals surface area contributed by atoms with Gasteiger partial charge in [0, 0.05) is 0 Å². The van der Waals surface area contributed by atoms with Gasteiger partial charge in [-0.25, -0.2) is 0 Å². The minimum absolute atomic E-state index is 0.304. The molecule has 0 aliphatic heterocycles. The standard InChI is InChI=1S/C11H12N2O2S/c1-8-5-3-4-6-9(8)14-7-10-12-13-11(15-10)16-2/h3-6H,7H2,1-2H3. The molecular formula is C11H12N2O2S. The Morgan fingerprint density at radius 1 is 1.31 bits per heavy atom. The minimum atomic E-state index is 0.304. The molecule has 0 amide bonds. The van der Waals surface area contributed by atoms with E-state index in [0.717, 1.165) is 11.3 Å². The first kappa shape index (κ1) is 11.0. The molecule has 2 aromatic rings. The van der Waals surface area contributed by atoms with E-state index in [0.29, 0.717) is 17.7 Å². The fourth-order valence-corrected chi connectivity index (χ4v) is 1.54. The van der Waals surface area contributed by atoms with Gasteiger partial charge in [0.2, 0.25) is 0 Å². The molecule has 0 unspecified atom stereocenters. The fourth-order valence-electron chi connectivity index (χ4n) is 1.24. The summed E-state index contributed by atoms with van der Waals surface area (Å²) in [6, 6.07) is 7.82. The molecule has 0 saturated carbocycles. The van der Waals surface area contributed by atoms with Crippen molar-refractivity contribution in [3.63, 3.8) is 0 Å². The Bertz CT molecular complexity index is 471. The molecule has 0 spiro atoms. The first-order chi connectivity index (χ1) is 7.79. The van der Waals surface area contributed by atoms with Crippen molar-refractivity contribution in [2.75, 3.05) is 6.26 Å². The van der Waals surface area contributed by atoms with Crippen LogP contribution in [-0.2, 0) is 6.61 Å². The van der Waals surface area contributed by atoms with Gasteiger partial charge in [0.1, 0.15) is 5.75 Å². The minimum Gasteiger partial charge on any atom is -0.484 e. The number of hydrogen-bond donors (Lipinski definition) is 0. The molecule has 1 aromatic carbocycles. The molecule has 0 N–H and O–H groups in total. The summed E-state index contributed by atoms with van der Waals surface area (Å²) in [5.74, 6) is 1.33. The van der Waals surface area contributed by atoms with Gasteiger partial charge in [0.25, 0.3) is 11.1 Å². The zero-order valence-electron chi connectivity index (χ0n) is 9.14. The average molecular weight is 236 g/mol. The van der Waals surface area contributed by atoms with Crippen LogP contribution in [0.1, 0.15) is 11.5 Å². The molecule has 0 fully saturated rings. The molecule has 1 heterocycles. The summed E-state index contributed by atoms with van der Waals surface area (Å²) in [6.45, 7) is 2.30. The largest absolute Gasteiger partial charge is 0.484 e. The number of ether oxygens (including phenoxy) is 1. The van der Waals surface area contributed by atoms with Gasteiger partial charge >= 0.3 is 0 Å². The summed E-state index contributed by atoms with van der Waals surface area (Å²) in [4.78, 5) is 0. The Hall–Kier alpha value is -1.49. The summed E-state index contributed by atoms with van der Waals surface area (Å²) < 4.78 is 10.9. The fraction of sp³-hybridized carbons (Fsp3) is 0.273. The van der Waals surface area contributed by atoms with Gasteiger partial charge in [-0.05, 0) is 24.8 Å². The zero-order chi connectivity index (χ0) is 11.4. The van der Waals surface area contributed by atoms with Gasteiger partial charge in [-0.2, -0.15) is 0 Å². The predicted octanol–water partition coefficient (Wildman–Crippen LogP) is 2.68. The summed E-state index contributed by atoms with van der Waals surface area (Å²) >= 11 is 1.42. The summed E-state index contributed by atoms with van der Waals surface area (Å²) in [5.41, 5.74) is 1.09. The monoisotopic (exact) mass is 236 g/mol. The second-order valence-electron chi connectivity index (χ2n) is 3.22. The van der Waals surface area contributed by atoms with Crippen molar-refractivity contribution in [1.82, 2.24) is 10.2 Å². The van der Waals surface area contributed by atoms with Crippen LogP contribution in [0.2, 0.25) is 0 Å². The molecule has 0 aliphatic carbocycles. The van der Waals surface area contributed by atoms with Crippen LogP contribution in [0.5, 0.6) is 5.75 Å². The lowest BCUT2D eigenvalue weighted by atomic mass is 10.2. The van der Waals surface area contributed by atoms with Gasteiger partial charge < -0.3 is 9.15 Å². The highest BCUT2D eigenvalue weighted by Gasteiger charge is 2.06. The number of para-hydroxylation sites is 1. The molecule has 1 aromatic heterocycles. The Labute approximate surface area is 98.0 Å². The van der Waals surface area contributed by atoms with Gasteiger partial charge in [0.05, 0.1) is 0 Å². The van der Waals surface area contributed by atoms with Crippen LogP contribution in [0.15, 0.2) is 33.9 Å². The van der Waals surface area contributed by atoms with Crippen LogP contribution in [0.3, 0.4) is 0 Å². The third kappa shape index (κ3) is 2.55. The van der Waals surface area contributed by atoms with E-state index in [-0.39, 0.29) is 0 Å². The SMILES string of the molecule is CSc1nnc(COc2ccccc2C)o1. The lowest BCUT2D eigenvalue weighted by molar-refractivity contribution is 0.251. The number of rotatable bonds is 4. The quantitative estimate of drug-likeness (QED) is 0.764. The molecule has 5 heteroatoms. The maximum absolute atomic E-state index is 5.58. The van der Waals surface area contributed by atoms with Crippen molar-refractivity contribution in [2.45, 2.75) is 18.8 Å². The highest BCUT2D eigenvalue weighted by Crippen LogP contribution is 2.18. The van der Waals surface area contributed by atoms with E-state index in [1.54, 1.807) is 0 Å². The molecule has 16 heavy (non-hydrogen) atoms. The Morgan fingerprint density at radius 2 is 2.12 bits per heavy atom. The van der Waals surface area contributed by atoms with E-state index in [1.807, 2.05) is 37.4 Å². The number of aryl methyl sites for hydroxylation is 1. The second-order valence-corrected chi connectivity index (χ2v) is 3.98. The highest BCUT2D eigenvalue weighted by atomic mass is 32.2. The van der Waals surface area contributed by atoms with Crippen molar-refractivity contribution in [3.8, 4) is 5.75 Å². The third-order valence-electron chi connectivity index (χ3n) is 2.07. The molecule has 0 bridgehead atoms. The van der Waals surface area contributed by atoms with E-state index in [1.165, 1.54) is 11.8 Å². The van der Waals surface area contributed by atoms with E-state index < -0.39 is 0 Å². The molecule has 0 aliphatic rings. The second kappa shape index (κ2) is 5.03.